The van der Waals surface area contributed by atoms with Crippen LogP contribution in [0.5, 0.6) is 0 Å². The minimum absolute atomic E-state index is 0.851. The zero-order valence-corrected chi connectivity index (χ0v) is 29.6. The summed E-state index contributed by atoms with van der Waals surface area (Å²) >= 11 is 0. The zero-order chi connectivity index (χ0) is 35.8. The van der Waals surface area contributed by atoms with E-state index in [1.165, 1.54) is 44.2 Å². The van der Waals surface area contributed by atoms with Crippen LogP contribution in [0.1, 0.15) is 0 Å². The molecule has 54 heavy (non-hydrogen) atoms. The molecule has 1 heterocycles. The smallest absolute Gasteiger partial charge is 0.159 e. The molecule has 254 valence electrons. The summed E-state index contributed by atoms with van der Waals surface area (Å²) in [5.41, 5.74) is 14.2. The fourth-order valence-corrected chi connectivity index (χ4v) is 7.80. The Labute approximate surface area is 314 Å². The molecule has 0 aliphatic rings. The molecule has 0 fully saturated rings. The number of hydrogen-bond acceptors (Lipinski definition) is 2. The summed E-state index contributed by atoms with van der Waals surface area (Å²) in [6, 6.07) is 75.6. The highest BCUT2D eigenvalue weighted by Crippen LogP contribution is 2.46. The molecule has 0 spiro atoms. The van der Waals surface area contributed by atoms with Crippen LogP contribution in [0.4, 0.5) is 17.1 Å². The molecule has 0 aliphatic carbocycles. The van der Waals surface area contributed by atoms with Crippen molar-refractivity contribution in [2.75, 3.05) is 4.90 Å². The van der Waals surface area contributed by atoms with Crippen molar-refractivity contribution in [2.45, 2.75) is 0 Å². The maximum Gasteiger partial charge on any atom is 0.159 e. The second kappa shape index (κ2) is 13.4. The summed E-state index contributed by atoms with van der Waals surface area (Å²) < 4.78 is 7.16. The molecule has 0 saturated carbocycles. The zero-order valence-electron chi connectivity index (χ0n) is 29.6. The lowest BCUT2D eigenvalue weighted by Crippen LogP contribution is -2.10. The molecule has 2 heteroatoms. The lowest BCUT2D eigenvalue weighted by atomic mass is 9.94. The molecule has 1 aromatic heterocycles. The van der Waals surface area contributed by atoms with Gasteiger partial charge in [-0.15, -0.1) is 0 Å². The van der Waals surface area contributed by atoms with Gasteiger partial charge in [0.05, 0.1) is 5.69 Å². The van der Waals surface area contributed by atoms with Crippen molar-refractivity contribution >= 4 is 49.8 Å². The number of para-hydroxylation sites is 1. The predicted octanol–water partition coefficient (Wildman–Crippen LogP) is 14.9. The SMILES string of the molecule is c1ccc(-c2ccc(-c3c4ccccc4cc4c3oc3c(N(c5ccc(-c6ccccc6)cc5)c5ccc(-c6ccccc6)cc5)cccc34)cc2)cc1. The molecule has 9 aromatic carbocycles. The first-order chi connectivity index (χ1) is 26.8. The molecular weight excluding hydrogens is 655 g/mol. The first-order valence-corrected chi connectivity index (χ1v) is 18.4. The van der Waals surface area contributed by atoms with Gasteiger partial charge in [0.25, 0.3) is 0 Å². The molecule has 0 N–H and O–H groups in total. The van der Waals surface area contributed by atoms with Crippen LogP contribution >= 0.6 is 0 Å². The number of benzene rings is 9. The average Bonchev–Trinajstić information content (AvgIpc) is 3.63. The topological polar surface area (TPSA) is 16.4 Å². The van der Waals surface area contributed by atoms with Gasteiger partial charge in [0.15, 0.2) is 5.58 Å². The van der Waals surface area contributed by atoms with Crippen LogP contribution in [0.2, 0.25) is 0 Å². The third-order valence-electron chi connectivity index (χ3n) is 10.5. The standard InChI is InChI=1S/C52H35NO/c1-4-13-36(14-5-1)39-23-25-42(26-24-39)50-46-20-11-10-19-43(46)35-48-47-21-12-22-49(51(47)54-52(48)50)53(44-31-27-40(28-32-44)37-15-6-2-7-16-37)45-33-29-41(30-34-45)38-17-8-3-9-18-38/h1-35H. The Morgan fingerprint density at radius 1 is 0.296 bits per heavy atom. The van der Waals surface area contributed by atoms with Gasteiger partial charge in [-0.1, -0.05) is 176 Å². The van der Waals surface area contributed by atoms with E-state index in [0.717, 1.165) is 50.1 Å². The molecule has 0 saturated heterocycles. The van der Waals surface area contributed by atoms with Crippen LogP contribution in [0.25, 0.3) is 77.2 Å². The van der Waals surface area contributed by atoms with Crippen molar-refractivity contribution in [1.82, 2.24) is 0 Å². The third-order valence-corrected chi connectivity index (χ3v) is 10.5. The van der Waals surface area contributed by atoms with Crippen molar-refractivity contribution in [3.05, 3.63) is 212 Å². The van der Waals surface area contributed by atoms with Crippen LogP contribution < -0.4 is 4.90 Å². The number of hydrogen-bond donors (Lipinski definition) is 0. The quantitative estimate of drug-likeness (QED) is 0.166. The normalized spacial score (nSPS) is 11.3. The van der Waals surface area contributed by atoms with E-state index in [4.69, 9.17) is 4.42 Å². The van der Waals surface area contributed by atoms with Crippen molar-refractivity contribution < 1.29 is 4.42 Å². The van der Waals surface area contributed by atoms with E-state index < -0.39 is 0 Å². The minimum Gasteiger partial charge on any atom is -0.453 e. The van der Waals surface area contributed by atoms with Crippen LogP contribution in [0.3, 0.4) is 0 Å². The fraction of sp³-hybridized carbons (Fsp3) is 0. The molecule has 0 aliphatic heterocycles. The maximum atomic E-state index is 7.16. The van der Waals surface area contributed by atoms with Crippen LogP contribution in [0, 0.1) is 0 Å². The maximum absolute atomic E-state index is 7.16. The van der Waals surface area contributed by atoms with E-state index in [-0.39, 0.29) is 0 Å². The molecule has 0 atom stereocenters. The molecular formula is C52H35NO. The number of fused-ring (bicyclic) bond motifs is 4. The summed E-state index contributed by atoms with van der Waals surface area (Å²) in [5.74, 6) is 0. The Morgan fingerprint density at radius 2 is 0.722 bits per heavy atom. The van der Waals surface area contributed by atoms with Crippen LogP contribution in [-0.4, -0.2) is 0 Å². The highest BCUT2D eigenvalue weighted by atomic mass is 16.3. The van der Waals surface area contributed by atoms with Gasteiger partial charge in [-0.25, -0.2) is 0 Å². The fourth-order valence-electron chi connectivity index (χ4n) is 7.80. The van der Waals surface area contributed by atoms with E-state index in [1.54, 1.807) is 0 Å². The average molecular weight is 690 g/mol. The van der Waals surface area contributed by atoms with Crippen molar-refractivity contribution in [3.63, 3.8) is 0 Å². The van der Waals surface area contributed by atoms with Gasteiger partial charge >= 0.3 is 0 Å². The van der Waals surface area contributed by atoms with Gasteiger partial charge in [0.1, 0.15) is 5.58 Å². The summed E-state index contributed by atoms with van der Waals surface area (Å²) in [5, 5.41) is 4.54. The largest absolute Gasteiger partial charge is 0.453 e. The predicted molar refractivity (Wildman–Crippen MR) is 228 cm³/mol. The van der Waals surface area contributed by atoms with Gasteiger partial charge in [-0.2, -0.15) is 0 Å². The Hall–Kier alpha value is -7.16. The Morgan fingerprint density at radius 3 is 1.26 bits per heavy atom. The van der Waals surface area contributed by atoms with Crippen molar-refractivity contribution in [3.8, 4) is 44.5 Å². The van der Waals surface area contributed by atoms with Gasteiger partial charge in [-0.3, -0.25) is 0 Å². The van der Waals surface area contributed by atoms with E-state index in [0.29, 0.717) is 0 Å². The number of anilines is 3. The lowest BCUT2D eigenvalue weighted by Gasteiger charge is -2.26. The second-order valence-corrected chi connectivity index (χ2v) is 13.7. The Bertz CT molecular complexity index is 2790. The summed E-state index contributed by atoms with van der Waals surface area (Å²) in [6.45, 7) is 0. The van der Waals surface area contributed by atoms with E-state index in [2.05, 4.69) is 217 Å². The first kappa shape index (κ1) is 31.6. The van der Waals surface area contributed by atoms with Gasteiger partial charge in [-0.05, 0) is 86.1 Å². The molecule has 0 bridgehead atoms. The van der Waals surface area contributed by atoms with E-state index in [1.807, 2.05) is 0 Å². The minimum atomic E-state index is 0.851. The monoisotopic (exact) mass is 689 g/mol. The van der Waals surface area contributed by atoms with Crippen LogP contribution in [-0.2, 0) is 0 Å². The highest BCUT2D eigenvalue weighted by Gasteiger charge is 2.22. The molecule has 0 amide bonds. The summed E-state index contributed by atoms with van der Waals surface area (Å²) in [7, 11) is 0. The highest BCUT2D eigenvalue weighted by molar-refractivity contribution is 6.20. The second-order valence-electron chi connectivity index (χ2n) is 13.7. The van der Waals surface area contributed by atoms with Crippen molar-refractivity contribution in [1.29, 1.82) is 0 Å². The molecule has 2 nitrogen and oxygen atoms in total. The third kappa shape index (κ3) is 5.62. The van der Waals surface area contributed by atoms with Gasteiger partial charge < -0.3 is 9.32 Å². The van der Waals surface area contributed by atoms with Gasteiger partial charge in [0.2, 0.25) is 0 Å². The number of nitrogens with zero attached hydrogens (tertiary/aromatic N) is 1. The van der Waals surface area contributed by atoms with Gasteiger partial charge in [0, 0.05) is 27.7 Å². The van der Waals surface area contributed by atoms with E-state index >= 15 is 0 Å². The summed E-state index contributed by atoms with van der Waals surface area (Å²) in [6.07, 6.45) is 0. The Kier molecular flexibility index (Phi) is 7.85. The first-order valence-electron chi connectivity index (χ1n) is 18.4. The Balaban J connectivity index is 1.17. The number of furan rings is 1. The lowest BCUT2D eigenvalue weighted by molar-refractivity contribution is 0.670. The van der Waals surface area contributed by atoms with E-state index in [9.17, 15) is 0 Å². The summed E-state index contributed by atoms with van der Waals surface area (Å²) in [4.78, 5) is 2.32. The molecule has 0 radical (unpaired) electrons. The molecule has 0 unspecified atom stereocenters. The number of rotatable bonds is 7. The van der Waals surface area contributed by atoms with Crippen LogP contribution in [0.15, 0.2) is 217 Å². The molecule has 10 aromatic rings. The van der Waals surface area contributed by atoms with Crippen molar-refractivity contribution in [2.24, 2.45) is 0 Å². The molecule has 10 rings (SSSR count).